The predicted molar refractivity (Wildman–Crippen MR) is 364 cm³/mol. The molecule has 3 aliphatic heterocycles. The van der Waals surface area contributed by atoms with Crippen LogP contribution in [0.3, 0.4) is 0 Å². The number of fused-ring (bicyclic) bond motifs is 2. The van der Waals surface area contributed by atoms with Crippen LogP contribution in [0.1, 0.15) is 136 Å². The Morgan fingerprint density at radius 2 is 0.883 bits per heavy atom. The SMILES string of the molecule is CC(C)C[C@@H]1NC(=O)[C@H](CCC(=O)O)NC(=O)[C@@H](N)CSSC[C@@H](C(=O)O)NC(=O)[C@@H]2CCCN2C(=O)CNC(=O)[C@@H]2CCCN2C(=O)[C@H](CCC(=O)O)NC(=O)[C@H](CCC(=O)O)NC(=O)[C@H](CCCCN)NC(=O)[C@H](CCCN=C(N)N)NC(=O)[C@H](CC(N)=O)NC(=O)[C@H](CCC(=O)O)NC1=O. The van der Waals surface area contributed by atoms with Crippen LogP contribution >= 0.6 is 21.6 Å². The Morgan fingerprint density at radius 1 is 0.485 bits per heavy atom. The van der Waals surface area contributed by atoms with E-state index in [1.807, 2.05) is 0 Å². The van der Waals surface area contributed by atoms with Crippen LogP contribution in [0, 0.1) is 5.92 Å². The Bertz CT molecular complexity index is 3110. The molecule has 0 saturated carbocycles. The summed E-state index contributed by atoms with van der Waals surface area (Å²) in [6.45, 7) is 2.24. The first-order chi connectivity index (χ1) is 48.5. The largest absolute Gasteiger partial charge is 0.481 e. The number of rotatable bonds is 25. The van der Waals surface area contributed by atoms with Crippen molar-refractivity contribution in [3.8, 4) is 0 Å². The van der Waals surface area contributed by atoms with E-state index in [1.54, 1.807) is 13.8 Å². The van der Waals surface area contributed by atoms with Crippen molar-refractivity contribution in [2.24, 2.45) is 39.6 Å². The smallest absolute Gasteiger partial charge is 0.327 e. The van der Waals surface area contributed by atoms with Crippen molar-refractivity contribution in [3.05, 3.63) is 0 Å². The second-order valence-electron chi connectivity index (χ2n) is 25.0. The molecule has 3 heterocycles. The molecule has 0 unspecified atom stereocenters. The van der Waals surface area contributed by atoms with Gasteiger partial charge in [0.1, 0.15) is 66.5 Å². The average Bonchev–Trinajstić information content (AvgIpc) is 1.75. The second-order valence-corrected chi connectivity index (χ2v) is 27.5. The van der Waals surface area contributed by atoms with Gasteiger partial charge >= 0.3 is 29.8 Å². The summed E-state index contributed by atoms with van der Waals surface area (Å²) in [5, 5.41) is 72.6. The summed E-state index contributed by atoms with van der Waals surface area (Å²) >= 11 is 0. The highest BCUT2D eigenvalue weighted by molar-refractivity contribution is 8.76. The third kappa shape index (κ3) is 31.6. The van der Waals surface area contributed by atoms with Crippen LogP contribution in [0.4, 0.5) is 0 Å². The third-order valence-corrected chi connectivity index (χ3v) is 18.7. The van der Waals surface area contributed by atoms with E-state index in [-0.39, 0.29) is 108 Å². The van der Waals surface area contributed by atoms with Gasteiger partial charge in [-0.2, -0.15) is 0 Å². The molecule has 0 radical (unpaired) electrons. The van der Waals surface area contributed by atoms with E-state index >= 15 is 0 Å². The first-order valence-electron chi connectivity index (χ1n) is 33.3. The van der Waals surface area contributed by atoms with Gasteiger partial charge in [0.2, 0.25) is 76.8 Å². The van der Waals surface area contributed by atoms with Gasteiger partial charge in [0, 0.05) is 56.8 Å². The van der Waals surface area contributed by atoms with E-state index in [9.17, 15) is 112 Å². The lowest BCUT2D eigenvalue weighted by Gasteiger charge is -2.30. The number of nitrogens with one attached hydrogen (secondary N) is 10. The van der Waals surface area contributed by atoms with Gasteiger partial charge < -0.3 is 117 Å². The topological polar surface area (TPSA) is 678 Å². The zero-order chi connectivity index (χ0) is 77.2. The number of hydrogen-bond acceptors (Lipinski definition) is 23. The number of unbranched alkanes of at least 4 members (excludes halogenated alkanes) is 1. The van der Waals surface area contributed by atoms with Crippen molar-refractivity contribution in [2.75, 3.05) is 44.2 Å². The van der Waals surface area contributed by atoms with Gasteiger partial charge in [0.15, 0.2) is 5.96 Å². The van der Waals surface area contributed by atoms with Crippen molar-refractivity contribution in [2.45, 2.75) is 208 Å². The summed E-state index contributed by atoms with van der Waals surface area (Å²) in [4.78, 5) is 248. The molecule has 13 amide bonds. The normalized spacial score (nSPS) is 25.8. The van der Waals surface area contributed by atoms with Crippen molar-refractivity contribution >= 4 is 134 Å². The molecule has 3 saturated heterocycles. The van der Waals surface area contributed by atoms with Crippen LogP contribution in [0.5, 0.6) is 0 Å². The quantitative estimate of drug-likeness (QED) is 0.0175. The molecular formula is C60H96N18O23S2. The van der Waals surface area contributed by atoms with Gasteiger partial charge in [-0.3, -0.25) is 86.5 Å². The first-order valence-corrected chi connectivity index (χ1v) is 35.8. The summed E-state index contributed by atoms with van der Waals surface area (Å²) in [6, 6.07) is -19.9. The summed E-state index contributed by atoms with van der Waals surface area (Å²) in [5.74, 6) is -23.0. The zero-order valence-corrected chi connectivity index (χ0v) is 58.7. The molecule has 576 valence electrons. The molecule has 0 aromatic rings. The van der Waals surface area contributed by atoms with Crippen LogP contribution in [0.2, 0.25) is 0 Å². The van der Waals surface area contributed by atoms with Crippen LogP contribution in [-0.4, -0.2) is 265 Å². The number of aliphatic imine (C=N–C) groups is 1. The maximum atomic E-state index is 14.5. The molecule has 3 aliphatic rings. The van der Waals surface area contributed by atoms with Crippen LogP contribution in [-0.2, 0) is 86.3 Å². The predicted octanol–water partition coefficient (Wildman–Crippen LogP) is -7.18. The molecule has 0 aromatic heterocycles. The molecule has 0 spiro atoms. The van der Waals surface area contributed by atoms with Crippen molar-refractivity contribution in [1.29, 1.82) is 0 Å². The molecule has 0 aromatic carbocycles. The Hall–Kier alpha value is -9.65. The number of guanidine groups is 1. The average molecular weight is 1500 g/mol. The van der Waals surface area contributed by atoms with E-state index in [0.717, 1.165) is 31.4 Å². The lowest BCUT2D eigenvalue weighted by atomic mass is 10.0. The Morgan fingerprint density at radius 3 is 1.34 bits per heavy atom. The fourth-order valence-corrected chi connectivity index (χ4v) is 13.2. The van der Waals surface area contributed by atoms with Crippen molar-refractivity contribution < 1.29 is 112 Å². The highest BCUT2D eigenvalue weighted by Gasteiger charge is 2.42. The van der Waals surface area contributed by atoms with Gasteiger partial charge in [0.05, 0.1) is 19.0 Å². The molecule has 3 fully saturated rings. The number of carboxylic acid groups (broad SMARTS) is 5. The Labute approximate surface area is 598 Å². The van der Waals surface area contributed by atoms with Gasteiger partial charge in [-0.25, -0.2) is 4.79 Å². The second kappa shape index (κ2) is 44.7. The number of nitrogens with two attached hydrogens (primary N) is 5. The maximum absolute atomic E-state index is 14.5. The lowest BCUT2D eigenvalue weighted by Crippen LogP contribution is -2.61. The fourth-order valence-electron chi connectivity index (χ4n) is 10.9. The minimum absolute atomic E-state index is 0.00101. The Kier molecular flexibility index (Phi) is 38.0. The third-order valence-electron chi connectivity index (χ3n) is 16.3. The number of amides is 13. The number of carbonyl (C=O) groups excluding carboxylic acids is 13. The van der Waals surface area contributed by atoms with Crippen LogP contribution in [0.15, 0.2) is 4.99 Å². The maximum Gasteiger partial charge on any atom is 0.327 e. The monoisotopic (exact) mass is 1500 g/mol. The van der Waals surface area contributed by atoms with E-state index in [0.29, 0.717) is 0 Å². The van der Waals surface area contributed by atoms with Gasteiger partial charge in [-0.15, -0.1) is 0 Å². The summed E-state index contributed by atoms with van der Waals surface area (Å²) in [5.41, 5.74) is 28.5. The highest BCUT2D eigenvalue weighted by Crippen LogP contribution is 2.25. The number of primary amides is 1. The number of carboxylic acids is 5. The molecule has 12 atom stereocenters. The highest BCUT2D eigenvalue weighted by atomic mass is 33.1. The van der Waals surface area contributed by atoms with Crippen molar-refractivity contribution in [1.82, 2.24) is 63.0 Å². The summed E-state index contributed by atoms with van der Waals surface area (Å²) in [7, 11) is 1.71. The van der Waals surface area contributed by atoms with Gasteiger partial charge in [-0.05, 0) is 102 Å². The minimum atomic E-state index is -2.04. The van der Waals surface area contributed by atoms with E-state index in [2.05, 4.69) is 58.2 Å². The molecule has 103 heavy (non-hydrogen) atoms. The van der Waals surface area contributed by atoms with Gasteiger partial charge in [0.25, 0.3) is 0 Å². The van der Waals surface area contributed by atoms with E-state index in [1.165, 1.54) is 0 Å². The van der Waals surface area contributed by atoms with E-state index < -0.39 is 249 Å². The Balaban J connectivity index is 2.21. The summed E-state index contributed by atoms with van der Waals surface area (Å²) in [6.07, 6.45) is -6.86. The first kappa shape index (κ1) is 87.6. The minimum Gasteiger partial charge on any atom is -0.481 e. The van der Waals surface area contributed by atoms with Gasteiger partial charge in [-0.1, -0.05) is 35.4 Å². The lowest BCUT2D eigenvalue weighted by molar-refractivity contribution is -0.144. The van der Waals surface area contributed by atoms with Crippen LogP contribution in [0.25, 0.3) is 0 Å². The molecule has 43 heteroatoms. The molecule has 25 N–H and O–H groups in total. The molecule has 0 bridgehead atoms. The van der Waals surface area contributed by atoms with Crippen molar-refractivity contribution in [3.63, 3.8) is 0 Å². The fraction of sp³-hybridized carbons (Fsp3) is 0.683. The summed E-state index contributed by atoms with van der Waals surface area (Å²) < 4.78 is 0. The number of nitrogens with zero attached hydrogens (tertiary/aromatic N) is 3. The molecule has 41 nitrogen and oxygen atoms in total. The number of carbonyl (C=O) groups is 18. The van der Waals surface area contributed by atoms with E-state index in [4.69, 9.17) is 28.7 Å². The standard InChI is InChI=1S/C60H96N18O23S2/c1-29(2)24-37-54(95)72-35(14-18-46(85)86)53(94)75-38(25-42(63)79)55(96)70-32(9-5-21-66-60(64)65)50(91)69-31(8-3-4-20-61)49(90)71-34(13-17-45(83)84)51(92)73-36(15-19-47(87)88)58(99)78-23-7-10-40(78)56(97)67-26-43(80)77-22-6-11-41(77)57(98)76-39(59(100)101)28-103-102-27-30(62)48(89)68-33(52(93)74-37)12-16-44(81)82/h29-41H,3-28,61-62H2,1-2H3,(H2,63,79)(H,67,97)(H,68,89)(H,69,91)(H,70,96)(H,71,90)(H,72,95)(H,73,92)(H,74,93)(H,75,94)(H,76,98)(H,81,82)(H,83,84)(H,85,86)(H,87,88)(H,100,101)(H4,64,65,66)/t30-,31-,32-,33-,34-,35-,36-,37-,38-,39-,40-,41-/m0/s1. The molecule has 0 aliphatic carbocycles. The zero-order valence-electron chi connectivity index (χ0n) is 57.0. The molecular weight excluding hydrogens is 1400 g/mol. The number of aliphatic carboxylic acids is 5. The van der Waals surface area contributed by atoms with Crippen LogP contribution < -0.4 is 81.8 Å². The number of hydrogen-bond donors (Lipinski definition) is 20. The molecule has 3 rings (SSSR count).